The molecule has 0 fully saturated rings. The molecule has 3 aromatic carbocycles. The van der Waals surface area contributed by atoms with Crippen molar-refractivity contribution in [3.05, 3.63) is 105 Å². The summed E-state index contributed by atoms with van der Waals surface area (Å²) in [5.41, 5.74) is 2.74. The van der Waals surface area contributed by atoms with Crippen LogP contribution in [0.2, 0.25) is 0 Å². The maximum atomic E-state index is 12.8. The zero-order valence-corrected chi connectivity index (χ0v) is 17.0. The van der Waals surface area contributed by atoms with Crippen LogP contribution in [0.5, 0.6) is 11.5 Å². The minimum Gasteiger partial charge on any atom is -0.457 e. The molecule has 30 heavy (non-hydrogen) atoms. The number of thiazole rings is 1. The highest BCUT2D eigenvalue weighted by atomic mass is 32.1. The lowest BCUT2D eigenvalue weighted by molar-refractivity contribution is 0.482. The van der Waals surface area contributed by atoms with Crippen LogP contribution < -0.4 is 14.8 Å². The van der Waals surface area contributed by atoms with E-state index >= 15 is 0 Å². The second kappa shape index (κ2) is 7.57. The Morgan fingerprint density at radius 1 is 0.933 bits per heavy atom. The Balaban J connectivity index is 1.49. The molecule has 0 radical (unpaired) electrons. The maximum Gasteiger partial charge on any atom is 0.291 e. The van der Waals surface area contributed by atoms with E-state index in [4.69, 9.17) is 4.74 Å². The van der Waals surface area contributed by atoms with E-state index in [1.807, 2.05) is 91.9 Å². The van der Waals surface area contributed by atoms with Crippen molar-refractivity contribution < 1.29 is 4.74 Å². The van der Waals surface area contributed by atoms with E-state index in [2.05, 4.69) is 10.1 Å². The summed E-state index contributed by atoms with van der Waals surface area (Å²) >= 11 is 1.33. The van der Waals surface area contributed by atoms with Crippen LogP contribution in [0, 0.1) is 6.92 Å². The number of ether oxygens (including phenoxy) is 1. The van der Waals surface area contributed by atoms with Gasteiger partial charge in [0, 0.05) is 5.56 Å². The summed E-state index contributed by atoms with van der Waals surface area (Å²) in [6, 6.07) is 25.2. The first-order valence-electron chi connectivity index (χ1n) is 9.47. The van der Waals surface area contributed by atoms with Crippen molar-refractivity contribution in [3.8, 4) is 22.9 Å². The summed E-state index contributed by atoms with van der Waals surface area (Å²) in [4.78, 5) is 18.0. The molecule has 0 saturated heterocycles. The molecule has 2 heterocycles. The highest BCUT2D eigenvalue weighted by Crippen LogP contribution is 2.22. The average molecular weight is 411 g/mol. The number of hydrogen-bond acceptors (Lipinski definition) is 5. The second-order valence-corrected chi connectivity index (χ2v) is 7.91. The molecule has 0 aliphatic carbocycles. The predicted octanol–water partition coefficient (Wildman–Crippen LogP) is 4.47. The van der Waals surface area contributed by atoms with Gasteiger partial charge in [-0.3, -0.25) is 4.79 Å². The van der Waals surface area contributed by atoms with Crippen LogP contribution in [0.4, 0.5) is 0 Å². The predicted molar refractivity (Wildman–Crippen MR) is 119 cm³/mol. The molecule has 5 nitrogen and oxygen atoms in total. The first-order chi connectivity index (χ1) is 14.7. The number of fused-ring (bicyclic) bond motifs is 1. The van der Waals surface area contributed by atoms with Crippen LogP contribution in [0.1, 0.15) is 11.1 Å². The Bertz CT molecular complexity index is 1460. The molecule has 0 amide bonds. The minimum absolute atomic E-state index is 0.171. The summed E-state index contributed by atoms with van der Waals surface area (Å²) in [6.45, 7) is 2.02. The molecule has 0 saturated carbocycles. The van der Waals surface area contributed by atoms with Gasteiger partial charge in [-0.05, 0) is 48.9 Å². The van der Waals surface area contributed by atoms with Crippen molar-refractivity contribution in [2.75, 3.05) is 0 Å². The summed E-state index contributed by atoms with van der Waals surface area (Å²) in [5, 5.41) is 4.42. The van der Waals surface area contributed by atoms with Crippen LogP contribution in [0.3, 0.4) is 0 Å². The van der Waals surface area contributed by atoms with Crippen LogP contribution in [-0.2, 0) is 0 Å². The summed E-state index contributed by atoms with van der Waals surface area (Å²) < 4.78 is 7.84. The maximum absolute atomic E-state index is 12.8. The molecule has 0 unspecified atom stereocenters. The number of aryl methyl sites for hydroxylation is 1. The van der Waals surface area contributed by atoms with Gasteiger partial charge >= 0.3 is 0 Å². The first-order valence-corrected chi connectivity index (χ1v) is 10.3. The van der Waals surface area contributed by atoms with Gasteiger partial charge in [-0.1, -0.05) is 65.4 Å². The highest BCUT2D eigenvalue weighted by Gasteiger charge is 2.12. The SMILES string of the molecule is Cc1cccc(-c2nc3sc(=Cc4cccc(Oc5ccccc5)c4)c(=O)n3n2)c1. The van der Waals surface area contributed by atoms with Crippen molar-refractivity contribution in [3.63, 3.8) is 0 Å². The Morgan fingerprint density at radius 3 is 2.53 bits per heavy atom. The van der Waals surface area contributed by atoms with Gasteiger partial charge in [0.05, 0.1) is 4.53 Å². The minimum atomic E-state index is -0.171. The second-order valence-electron chi connectivity index (χ2n) is 6.90. The molecule has 6 heteroatoms. The van der Waals surface area contributed by atoms with Crippen molar-refractivity contribution in [2.45, 2.75) is 6.92 Å². The third-order valence-corrected chi connectivity index (χ3v) is 5.55. The summed E-state index contributed by atoms with van der Waals surface area (Å²) in [5.74, 6) is 2.04. The quantitative estimate of drug-likeness (QED) is 0.438. The molecule has 2 aromatic heterocycles. The fourth-order valence-electron chi connectivity index (χ4n) is 3.18. The number of benzene rings is 3. The molecule has 0 aliphatic rings. The molecule has 0 N–H and O–H groups in total. The van der Waals surface area contributed by atoms with Crippen LogP contribution >= 0.6 is 11.3 Å². The lowest BCUT2D eigenvalue weighted by Crippen LogP contribution is -2.23. The molecule has 0 atom stereocenters. The zero-order chi connectivity index (χ0) is 20.5. The fourth-order valence-corrected chi connectivity index (χ4v) is 4.09. The van der Waals surface area contributed by atoms with E-state index in [0.717, 1.165) is 22.4 Å². The largest absolute Gasteiger partial charge is 0.457 e. The molecule has 0 bridgehead atoms. The van der Waals surface area contributed by atoms with Gasteiger partial charge in [-0.15, -0.1) is 5.10 Å². The zero-order valence-electron chi connectivity index (χ0n) is 16.1. The van der Waals surface area contributed by atoms with Crippen molar-refractivity contribution in [2.24, 2.45) is 0 Å². The Labute approximate surface area is 176 Å². The number of aromatic nitrogens is 3. The van der Waals surface area contributed by atoms with Crippen LogP contribution in [0.25, 0.3) is 22.4 Å². The summed E-state index contributed by atoms with van der Waals surface area (Å²) in [7, 11) is 0. The number of nitrogens with zero attached hydrogens (tertiary/aromatic N) is 3. The van der Waals surface area contributed by atoms with Gasteiger partial charge in [0.15, 0.2) is 5.82 Å². The van der Waals surface area contributed by atoms with E-state index < -0.39 is 0 Å². The van der Waals surface area contributed by atoms with Crippen molar-refractivity contribution in [1.82, 2.24) is 14.6 Å². The normalized spacial score (nSPS) is 11.8. The molecule has 0 spiro atoms. The van der Waals surface area contributed by atoms with Gasteiger partial charge in [-0.25, -0.2) is 0 Å². The van der Waals surface area contributed by atoms with Crippen LogP contribution in [-0.4, -0.2) is 14.6 Å². The van der Waals surface area contributed by atoms with Gasteiger partial charge in [0.1, 0.15) is 11.5 Å². The molecule has 5 rings (SSSR count). The lowest BCUT2D eigenvalue weighted by Gasteiger charge is -2.05. The Hall–Kier alpha value is -3.77. The van der Waals surface area contributed by atoms with E-state index in [-0.39, 0.29) is 5.56 Å². The third kappa shape index (κ3) is 3.60. The summed E-state index contributed by atoms with van der Waals surface area (Å²) in [6.07, 6.45) is 1.84. The lowest BCUT2D eigenvalue weighted by atomic mass is 10.1. The number of hydrogen-bond donors (Lipinski definition) is 0. The van der Waals surface area contributed by atoms with E-state index in [0.29, 0.717) is 21.1 Å². The Kier molecular flexibility index (Phi) is 4.61. The van der Waals surface area contributed by atoms with E-state index in [9.17, 15) is 4.79 Å². The van der Waals surface area contributed by atoms with E-state index in [1.165, 1.54) is 15.9 Å². The molecular formula is C24H17N3O2S. The Morgan fingerprint density at radius 2 is 1.73 bits per heavy atom. The average Bonchev–Trinajstić information content (AvgIpc) is 3.29. The highest BCUT2D eigenvalue weighted by molar-refractivity contribution is 7.15. The van der Waals surface area contributed by atoms with Crippen molar-refractivity contribution >= 4 is 22.4 Å². The van der Waals surface area contributed by atoms with E-state index in [1.54, 1.807) is 0 Å². The number of rotatable bonds is 4. The van der Waals surface area contributed by atoms with Crippen molar-refractivity contribution in [1.29, 1.82) is 0 Å². The standard InChI is InChI=1S/C24H17N3O2S/c1-16-7-5-9-18(13-16)22-25-24-27(26-22)23(28)21(30-24)15-17-8-6-12-20(14-17)29-19-10-3-2-4-11-19/h2-15H,1H3. The molecule has 5 aromatic rings. The molecule has 146 valence electrons. The van der Waals surface area contributed by atoms with Gasteiger partial charge < -0.3 is 4.74 Å². The first kappa shape index (κ1) is 18.3. The smallest absolute Gasteiger partial charge is 0.291 e. The van der Waals surface area contributed by atoms with Gasteiger partial charge in [0.25, 0.3) is 5.56 Å². The third-order valence-electron chi connectivity index (χ3n) is 4.59. The van der Waals surface area contributed by atoms with Gasteiger partial charge in [-0.2, -0.15) is 9.50 Å². The van der Waals surface area contributed by atoms with Crippen LogP contribution in [0.15, 0.2) is 83.7 Å². The fraction of sp³-hybridized carbons (Fsp3) is 0.0417. The monoisotopic (exact) mass is 411 g/mol. The number of para-hydroxylation sites is 1. The molecular weight excluding hydrogens is 394 g/mol. The molecule has 0 aliphatic heterocycles. The topological polar surface area (TPSA) is 56.5 Å². The van der Waals surface area contributed by atoms with Gasteiger partial charge in [0.2, 0.25) is 4.96 Å².